The Morgan fingerprint density at radius 3 is 2.74 bits per heavy atom. The molecule has 0 saturated heterocycles. The first-order chi connectivity index (χ1) is 19.0. The molecule has 0 unspecified atom stereocenters. The van der Waals surface area contributed by atoms with E-state index in [4.69, 9.17) is 4.42 Å². The second-order valence-corrected chi connectivity index (χ2v) is 9.61. The number of hydrogen-bond acceptors (Lipinski definition) is 7. The van der Waals surface area contributed by atoms with E-state index in [1.54, 1.807) is 23.1 Å². The van der Waals surface area contributed by atoms with Crippen molar-refractivity contribution in [2.45, 2.75) is 31.5 Å². The van der Waals surface area contributed by atoms with Crippen LogP contribution in [-0.4, -0.2) is 39.5 Å². The van der Waals surface area contributed by atoms with Gasteiger partial charge in [0.1, 0.15) is 11.6 Å². The average molecular weight is 526 g/mol. The highest BCUT2D eigenvalue weighted by atomic mass is 19.1. The third kappa shape index (κ3) is 3.56. The van der Waals surface area contributed by atoms with Crippen LogP contribution in [0.3, 0.4) is 0 Å². The lowest BCUT2D eigenvalue weighted by molar-refractivity contribution is 0.284. The predicted molar refractivity (Wildman–Crippen MR) is 139 cm³/mol. The standard InChI is InChI=1S/C27H24FN9O2/c1-3-37-26(38)39-25(35-37)27(15-11-31-36(2)14-15)23-18(17-6-4-5-7-19(17)32-23)10-21(34-27)24-30-13-22(33-24)20-9-8-16(28)12-29-20/h4-9,11-14,21,32,34H,3,10H2,1-2H3,(H,30,33)/t21-,27-/m1/s1. The summed E-state index contributed by atoms with van der Waals surface area (Å²) < 4.78 is 22.3. The van der Waals surface area contributed by atoms with Gasteiger partial charge in [0.05, 0.1) is 41.7 Å². The second-order valence-electron chi connectivity index (χ2n) is 9.61. The van der Waals surface area contributed by atoms with Crippen LogP contribution in [-0.2, 0) is 25.6 Å². The van der Waals surface area contributed by atoms with Crippen molar-refractivity contribution in [3.8, 4) is 11.4 Å². The molecule has 12 heteroatoms. The van der Waals surface area contributed by atoms with E-state index in [1.165, 1.54) is 16.9 Å². The number of aromatic nitrogens is 8. The Morgan fingerprint density at radius 2 is 2.00 bits per heavy atom. The van der Waals surface area contributed by atoms with Gasteiger partial charge >= 0.3 is 5.76 Å². The van der Waals surface area contributed by atoms with Crippen LogP contribution in [0.25, 0.3) is 22.3 Å². The minimum atomic E-state index is -1.17. The number of nitrogens with zero attached hydrogens (tertiary/aromatic N) is 6. The van der Waals surface area contributed by atoms with Gasteiger partial charge in [0.25, 0.3) is 0 Å². The van der Waals surface area contributed by atoms with E-state index >= 15 is 0 Å². The van der Waals surface area contributed by atoms with Gasteiger partial charge in [-0.3, -0.25) is 15.0 Å². The summed E-state index contributed by atoms with van der Waals surface area (Å²) in [7, 11) is 1.83. The number of imidazole rings is 1. The van der Waals surface area contributed by atoms with Crippen molar-refractivity contribution in [3.05, 3.63) is 106 Å². The van der Waals surface area contributed by atoms with Gasteiger partial charge in [-0.15, -0.1) is 5.10 Å². The molecule has 0 saturated carbocycles. The van der Waals surface area contributed by atoms with Gasteiger partial charge in [-0.2, -0.15) is 9.78 Å². The highest BCUT2D eigenvalue weighted by Crippen LogP contribution is 2.45. The monoisotopic (exact) mass is 525 g/mol. The van der Waals surface area contributed by atoms with Gasteiger partial charge in [0.2, 0.25) is 5.89 Å². The van der Waals surface area contributed by atoms with E-state index < -0.39 is 17.1 Å². The molecule has 6 aromatic rings. The largest absolute Gasteiger partial charge is 0.437 e. The molecule has 5 aromatic heterocycles. The summed E-state index contributed by atoms with van der Waals surface area (Å²) in [5, 5.41) is 13.8. The van der Waals surface area contributed by atoms with Crippen LogP contribution in [0.5, 0.6) is 0 Å². The molecule has 7 rings (SSSR count). The minimum Gasteiger partial charge on any atom is -0.389 e. The van der Waals surface area contributed by atoms with Crippen LogP contribution < -0.4 is 11.1 Å². The maximum absolute atomic E-state index is 13.5. The summed E-state index contributed by atoms with van der Waals surface area (Å²) in [6, 6.07) is 10.7. The van der Waals surface area contributed by atoms with E-state index in [0.717, 1.165) is 27.7 Å². The van der Waals surface area contributed by atoms with Gasteiger partial charge < -0.3 is 14.4 Å². The Bertz CT molecular complexity index is 1880. The van der Waals surface area contributed by atoms with Crippen LogP contribution >= 0.6 is 0 Å². The summed E-state index contributed by atoms with van der Waals surface area (Å²) in [4.78, 5) is 28.5. The van der Waals surface area contributed by atoms with Crippen molar-refractivity contribution in [2.75, 3.05) is 0 Å². The Kier molecular flexibility index (Phi) is 5.13. The zero-order valence-electron chi connectivity index (χ0n) is 21.1. The van der Waals surface area contributed by atoms with E-state index in [9.17, 15) is 9.18 Å². The van der Waals surface area contributed by atoms with Gasteiger partial charge in [0.15, 0.2) is 5.54 Å². The molecule has 1 aliphatic rings. The molecule has 6 heterocycles. The van der Waals surface area contributed by atoms with E-state index in [1.807, 2.05) is 38.4 Å². The molecule has 0 amide bonds. The lowest BCUT2D eigenvalue weighted by Crippen LogP contribution is -2.51. The number of pyridine rings is 1. The first-order valence-electron chi connectivity index (χ1n) is 12.6. The maximum atomic E-state index is 13.5. The Balaban J connectivity index is 1.46. The molecule has 0 aliphatic carbocycles. The molecule has 11 nitrogen and oxygen atoms in total. The van der Waals surface area contributed by atoms with E-state index in [0.29, 0.717) is 30.2 Å². The predicted octanol–water partition coefficient (Wildman–Crippen LogP) is 3.17. The number of para-hydroxylation sites is 1. The molecule has 0 bridgehead atoms. The van der Waals surface area contributed by atoms with Gasteiger partial charge in [0, 0.05) is 36.3 Å². The highest BCUT2D eigenvalue weighted by Gasteiger charge is 2.51. The van der Waals surface area contributed by atoms with Crippen molar-refractivity contribution in [2.24, 2.45) is 7.05 Å². The number of aromatic amines is 2. The van der Waals surface area contributed by atoms with Crippen molar-refractivity contribution in [1.82, 2.24) is 44.8 Å². The van der Waals surface area contributed by atoms with Gasteiger partial charge in [-0.05, 0) is 37.1 Å². The third-order valence-electron chi connectivity index (χ3n) is 7.28. The fourth-order valence-corrected chi connectivity index (χ4v) is 5.46. The summed E-state index contributed by atoms with van der Waals surface area (Å²) in [6.07, 6.45) is 7.06. The van der Waals surface area contributed by atoms with Crippen molar-refractivity contribution in [1.29, 1.82) is 0 Å². The van der Waals surface area contributed by atoms with E-state index in [-0.39, 0.29) is 11.9 Å². The number of halogens is 1. The molecular formula is C27H24FN9O2. The number of hydrogen-bond donors (Lipinski definition) is 3. The number of benzene rings is 1. The molecule has 1 aliphatic heterocycles. The summed E-state index contributed by atoms with van der Waals surface area (Å²) >= 11 is 0. The molecule has 0 spiro atoms. The summed E-state index contributed by atoms with van der Waals surface area (Å²) in [6.45, 7) is 2.20. The quantitative estimate of drug-likeness (QED) is 0.315. The number of nitrogens with one attached hydrogen (secondary N) is 3. The van der Waals surface area contributed by atoms with Crippen molar-refractivity contribution < 1.29 is 8.81 Å². The SMILES string of the molecule is CCn1nc([C@]2(c3cnn(C)c3)N[C@@H](c3ncc(-c4ccc(F)cn4)[nH]3)Cc3c2[nH]c2ccccc32)oc1=O. The molecule has 0 fully saturated rings. The first kappa shape index (κ1) is 23.3. The van der Waals surface area contributed by atoms with E-state index in [2.05, 4.69) is 41.5 Å². The zero-order valence-corrected chi connectivity index (χ0v) is 21.1. The molecule has 196 valence electrons. The number of fused-ring (bicyclic) bond motifs is 3. The molecule has 3 N–H and O–H groups in total. The lowest BCUT2D eigenvalue weighted by atomic mass is 9.79. The second kappa shape index (κ2) is 8.60. The number of rotatable bonds is 5. The number of aryl methyl sites for hydroxylation is 2. The smallest absolute Gasteiger partial charge is 0.389 e. The van der Waals surface area contributed by atoms with Crippen LogP contribution in [0, 0.1) is 5.82 Å². The summed E-state index contributed by atoms with van der Waals surface area (Å²) in [5.41, 5.74) is 3.63. The molecule has 0 radical (unpaired) electrons. The molecular weight excluding hydrogens is 501 g/mol. The van der Waals surface area contributed by atoms with Crippen LogP contribution in [0.1, 0.15) is 41.5 Å². The third-order valence-corrected chi connectivity index (χ3v) is 7.28. The zero-order chi connectivity index (χ0) is 26.7. The van der Waals surface area contributed by atoms with Crippen molar-refractivity contribution in [3.63, 3.8) is 0 Å². The number of H-pyrrole nitrogens is 2. The average Bonchev–Trinajstić information content (AvgIpc) is 3.74. The fourth-order valence-electron chi connectivity index (χ4n) is 5.46. The van der Waals surface area contributed by atoms with Crippen LogP contribution in [0.2, 0.25) is 0 Å². The highest BCUT2D eigenvalue weighted by molar-refractivity contribution is 5.86. The molecule has 1 aromatic carbocycles. The first-order valence-corrected chi connectivity index (χ1v) is 12.6. The van der Waals surface area contributed by atoms with Crippen LogP contribution in [0.4, 0.5) is 4.39 Å². The van der Waals surface area contributed by atoms with Gasteiger partial charge in [-0.25, -0.2) is 14.2 Å². The molecule has 2 atom stereocenters. The lowest BCUT2D eigenvalue weighted by Gasteiger charge is -2.38. The molecule has 39 heavy (non-hydrogen) atoms. The van der Waals surface area contributed by atoms with Crippen molar-refractivity contribution >= 4 is 10.9 Å². The van der Waals surface area contributed by atoms with Gasteiger partial charge in [-0.1, -0.05) is 18.2 Å². The summed E-state index contributed by atoms with van der Waals surface area (Å²) in [5.74, 6) is -0.0991. The fraction of sp³-hybridized carbons (Fsp3) is 0.222. The Morgan fingerprint density at radius 1 is 1.13 bits per heavy atom. The minimum absolute atomic E-state index is 0.201. The normalized spacial score (nSPS) is 19.0. The Labute approximate surface area is 220 Å². The van der Waals surface area contributed by atoms with Crippen LogP contribution in [0.15, 0.2) is 70.4 Å². The topological polar surface area (TPSA) is 135 Å². The maximum Gasteiger partial charge on any atom is 0.437 e. The Hall–Kier alpha value is -4.84.